The van der Waals surface area contributed by atoms with Crippen LogP contribution in [0.25, 0.3) is 0 Å². The van der Waals surface area contributed by atoms with Crippen LogP contribution < -0.4 is 5.73 Å². The van der Waals surface area contributed by atoms with Gasteiger partial charge in [0.25, 0.3) is 0 Å². The normalized spacial score (nSPS) is 32.4. The Bertz CT molecular complexity index is 430. The minimum Gasteiger partial charge on any atom is -0.328 e. The van der Waals surface area contributed by atoms with Gasteiger partial charge < -0.3 is 10.6 Å². The second kappa shape index (κ2) is 8.34. The van der Waals surface area contributed by atoms with Crippen LogP contribution in [0.1, 0.15) is 46.0 Å². The summed E-state index contributed by atoms with van der Waals surface area (Å²) in [4.78, 5) is 6.41. The molecule has 1 saturated heterocycles. The molecule has 2 atom stereocenters. The number of nitrogens with zero attached hydrogens (tertiary/aromatic N) is 3. The quantitative estimate of drug-likeness (QED) is 0.758. The van der Waals surface area contributed by atoms with Crippen LogP contribution in [0.3, 0.4) is 0 Å². The van der Waals surface area contributed by atoms with Crippen molar-refractivity contribution in [1.29, 1.82) is 0 Å². The number of hydrogen-bond donors (Lipinski definition) is 1. The summed E-state index contributed by atoms with van der Waals surface area (Å²) in [6, 6.07) is 0.997. The summed E-state index contributed by atoms with van der Waals surface area (Å²) in [5.74, 6) is 0. The molecule has 0 bridgehead atoms. The van der Waals surface area contributed by atoms with E-state index < -0.39 is 11.0 Å². The molecule has 2 aliphatic rings. The second-order valence-corrected chi connectivity index (χ2v) is 7.64. The van der Waals surface area contributed by atoms with Crippen molar-refractivity contribution in [2.24, 2.45) is 10.7 Å². The van der Waals surface area contributed by atoms with Gasteiger partial charge in [0.15, 0.2) is 0 Å². The molecule has 1 heterocycles. The monoisotopic (exact) mass is 326 g/mol. The van der Waals surface area contributed by atoms with Crippen molar-refractivity contribution in [3.8, 4) is 0 Å². The molecule has 0 spiro atoms. The number of aliphatic imine (C=N–C) groups is 1. The van der Waals surface area contributed by atoms with Crippen molar-refractivity contribution in [2.45, 2.75) is 64.1 Å². The van der Waals surface area contributed by atoms with Crippen LogP contribution in [0, 0.1) is 0 Å². The van der Waals surface area contributed by atoms with Crippen molar-refractivity contribution >= 4 is 17.7 Å². The maximum absolute atomic E-state index is 13.1. The average molecular weight is 327 g/mol. The fourth-order valence-electron chi connectivity index (χ4n) is 3.59. The van der Waals surface area contributed by atoms with E-state index in [1.54, 1.807) is 0 Å². The van der Waals surface area contributed by atoms with Gasteiger partial charge in [-0.1, -0.05) is 13.0 Å². The first kappa shape index (κ1) is 17.8. The molecule has 0 amide bonds. The van der Waals surface area contributed by atoms with E-state index in [-0.39, 0.29) is 0 Å². The van der Waals surface area contributed by atoms with Crippen LogP contribution in [0.15, 0.2) is 16.1 Å². The Kier molecular flexibility index (Phi) is 6.74. The van der Waals surface area contributed by atoms with E-state index in [9.17, 15) is 4.21 Å². The Morgan fingerprint density at radius 1 is 1.36 bits per heavy atom. The maximum atomic E-state index is 13.1. The average Bonchev–Trinajstić information content (AvgIpc) is 2.99. The van der Waals surface area contributed by atoms with E-state index in [4.69, 9.17) is 5.73 Å². The summed E-state index contributed by atoms with van der Waals surface area (Å²) in [7, 11) is -1.21. The summed E-state index contributed by atoms with van der Waals surface area (Å²) < 4.78 is 15.3. The molecule has 1 saturated carbocycles. The first-order valence-corrected chi connectivity index (χ1v) is 9.52. The Morgan fingerprint density at radius 2 is 2.05 bits per heavy atom. The highest BCUT2D eigenvalue weighted by Gasteiger charge is 2.37. The minimum atomic E-state index is -1.21. The molecule has 2 N–H and O–H groups in total. The van der Waals surface area contributed by atoms with Gasteiger partial charge in [-0.3, -0.25) is 4.99 Å². The molecule has 5 nitrogen and oxygen atoms in total. The van der Waals surface area contributed by atoms with Crippen LogP contribution in [-0.2, 0) is 11.0 Å². The number of rotatable bonds is 6. The lowest BCUT2D eigenvalue weighted by molar-refractivity contribution is 0.201. The third-order valence-corrected chi connectivity index (χ3v) is 6.63. The Labute approximate surface area is 137 Å². The summed E-state index contributed by atoms with van der Waals surface area (Å²) in [6.07, 6.45) is 7.01. The highest BCUT2D eigenvalue weighted by molar-refractivity contribution is 7.86. The highest BCUT2D eigenvalue weighted by atomic mass is 32.2. The first-order valence-electron chi connectivity index (χ1n) is 8.41. The SMILES string of the molecule is C=N/C(=C\C)S(=O)N(C1CCC(N)CC1)C1CCN(CC)C1. The predicted molar refractivity (Wildman–Crippen MR) is 94.0 cm³/mol. The van der Waals surface area contributed by atoms with Crippen LogP contribution >= 0.6 is 0 Å². The van der Waals surface area contributed by atoms with E-state index in [0.29, 0.717) is 23.2 Å². The van der Waals surface area contributed by atoms with Crippen molar-refractivity contribution in [1.82, 2.24) is 9.21 Å². The largest absolute Gasteiger partial charge is 0.328 e. The molecule has 0 aromatic carbocycles. The fourth-order valence-corrected chi connectivity index (χ4v) is 5.04. The topological polar surface area (TPSA) is 61.9 Å². The van der Waals surface area contributed by atoms with Crippen LogP contribution in [0.2, 0.25) is 0 Å². The molecule has 6 heteroatoms. The molecule has 0 aromatic rings. The predicted octanol–water partition coefficient (Wildman–Crippen LogP) is 1.88. The van der Waals surface area contributed by atoms with Crippen molar-refractivity contribution in [3.05, 3.63) is 11.1 Å². The summed E-state index contributed by atoms with van der Waals surface area (Å²) in [5.41, 5.74) is 6.04. The second-order valence-electron chi connectivity index (χ2n) is 6.30. The van der Waals surface area contributed by atoms with Gasteiger partial charge in [-0.05, 0) is 58.8 Å². The number of likely N-dealkylation sites (N-methyl/N-ethyl adjacent to an activating group) is 1. The smallest absolute Gasteiger partial charge is 0.146 e. The van der Waals surface area contributed by atoms with Crippen LogP contribution in [0.4, 0.5) is 0 Å². The van der Waals surface area contributed by atoms with E-state index in [1.807, 2.05) is 13.0 Å². The molecule has 2 rings (SSSR count). The van der Waals surface area contributed by atoms with Gasteiger partial charge in [0.05, 0.1) is 0 Å². The van der Waals surface area contributed by atoms with Gasteiger partial charge >= 0.3 is 0 Å². The van der Waals surface area contributed by atoms with Gasteiger partial charge in [0.1, 0.15) is 16.0 Å². The number of likely N-dealkylation sites (tertiary alicyclic amines) is 1. The third-order valence-electron chi connectivity index (χ3n) is 4.93. The molecular weight excluding hydrogens is 296 g/mol. The molecule has 22 heavy (non-hydrogen) atoms. The lowest BCUT2D eigenvalue weighted by Gasteiger charge is -2.38. The van der Waals surface area contributed by atoms with Gasteiger partial charge in [-0.2, -0.15) is 0 Å². The Hall–Kier alpha value is -0.560. The molecule has 1 aliphatic heterocycles. The first-order chi connectivity index (χ1) is 10.6. The van der Waals surface area contributed by atoms with Crippen LogP contribution in [0.5, 0.6) is 0 Å². The van der Waals surface area contributed by atoms with Crippen molar-refractivity contribution < 1.29 is 4.21 Å². The lowest BCUT2D eigenvalue weighted by Crippen LogP contribution is -2.48. The highest BCUT2D eigenvalue weighted by Crippen LogP contribution is 2.30. The van der Waals surface area contributed by atoms with Gasteiger partial charge in [0, 0.05) is 24.7 Å². The number of hydrogen-bond acceptors (Lipinski definition) is 4. The lowest BCUT2D eigenvalue weighted by atomic mass is 9.91. The fraction of sp³-hybridized carbons (Fsp3) is 0.812. The Morgan fingerprint density at radius 3 is 2.55 bits per heavy atom. The van der Waals surface area contributed by atoms with Gasteiger partial charge in [0.2, 0.25) is 0 Å². The molecule has 2 fully saturated rings. The Balaban J connectivity index is 2.17. The molecule has 1 aliphatic carbocycles. The zero-order valence-electron chi connectivity index (χ0n) is 13.9. The third kappa shape index (κ3) is 4.04. The van der Waals surface area contributed by atoms with Crippen molar-refractivity contribution in [2.75, 3.05) is 19.6 Å². The van der Waals surface area contributed by atoms with Gasteiger partial charge in [-0.25, -0.2) is 8.51 Å². The maximum Gasteiger partial charge on any atom is 0.146 e. The minimum absolute atomic E-state index is 0.306. The summed E-state index contributed by atoms with van der Waals surface area (Å²) in [6.45, 7) is 10.8. The van der Waals surface area contributed by atoms with E-state index in [1.165, 1.54) is 0 Å². The number of allylic oxidation sites excluding steroid dienone is 1. The van der Waals surface area contributed by atoms with E-state index in [0.717, 1.165) is 51.7 Å². The van der Waals surface area contributed by atoms with Gasteiger partial charge in [-0.15, -0.1) is 0 Å². The molecule has 0 radical (unpaired) electrons. The summed E-state index contributed by atoms with van der Waals surface area (Å²) >= 11 is 0. The molecule has 0 aromatic heterocycles. The van der Waals surface area contributed by atoms with Crippen LogP contribution in [-0.4, -0.2) is 57.9 Å². The number of nitrogens with two attached hydrogens (primary N) is 1. The van der Waals surface area contributed by atoms with E-state index in [2.05, 4.69) is 27.8 Å². The van der Waals surface area contributed by atoms with Crippen molar-refractivity contribution in [3.63, 3.8) is 0 Å². The molecule has 2 unspecified atom stereocenters. The van der Waals surface area contributed by atoms with E-state index >= 15 is 0 Å². The molecular formula is C16H30N4OS. The zero-order valence-corrected chi connectivity index (χ0v) is 14.7. The summed E-state index contributed by atoms with van der Waals surface area (Å²) in [5, 5.41) is 0.588. The molecule has 126 valence electrons. The zero-order chi connectivity index (χ0) is 16.1. The standard InChI is InChI=1S/C16H30N4OS/c1-4-16(18-3)22(21)20(14-8-6-13(17)7-9-14)15-10-11-19(5-2)12-15/h4,13-15H,3,5-12,17H2,1-2H3/b16-4+.